The molecule has 0 saturated heterocycles. The number of carbonyl (C=O) groups is 1. The van der Waals surface area contributed by atoms with Gasteiger partial charge in [0.15, 0.2) is 6.61 Å². The monoisotopic (exact) mass is 299 g/mol. The summed E-state index contributed by atoms with van der Waals surface area (Å²) in [5, 5.41) is 12.6. The SMILES string of the molecule is COc1cccc(OCC(=O)NC[C@@](C)(O)CSC)c1. The Bertz CT molecular complexity index is 437. The number of rotatable bonds is 8. The molecule has 5 nitrogen and oxygen atoms in total. The predicted molar refractivity (Wildman–Crippen MR) is 80.5 cm³/mol. The van der Waals surface area contributed by atoms with E-state index in [1.165, 1.54) is 11.8 Å². The van der Waals surface area contributed by atoms with Crippen LogP contribution in [-0.2, 0) is 4.79 Å². The molecule has 0 aromatic heterocycles. The fraction of sp³-hybridized carbons (Fsp3) is 0.500. The Kier molecular flexibility index (Phi) is 6.67. The quantitative estimate of drug-likeness (QED) is 0.757. The average Bonchev–Trinajstić information content (AvgIpc) is 2.43. The number of methoxy groups -OCH3 is 1. The minimum Gasteiger partial charge on any atom is -0.497 e. The number of thioether (sulfide) groups is 1. The molecule has 0 saturated carbocycles. The van der Waals surface area contributed by atoms with Crippen LogP contribution in [0, 0.1) is 0 Å². The fourth-order valence-electron chi connectivity index (χ4n) is 1.54. The van der Waals surface area contributed by atoms with Gasteiger partial charge in [-0.1, -0.05) is 6.07 Å². The molecule has 0 aliphatic carbocycles. The molecule has 20 heavy (non-hydrogen) atoms. The summed E-state index contributed by atoms with van der Waals surface area (Å²) in [4.78, 5) is 11.6. The van der Waals surface area contributed by atoms with Crippen LogP contribution in [0.5, 0.6) is 11.5 Å². The standard InChI is InChI=1S/C14H21NO4S/c1-14(17,10-20-3)9-15-13(16)8-19-12-6-4-5-11(7-12)18-2/h4-7,17H,8-10H2,1-3H3,(H,15,16)/t14-/m1/s1. The predicted octanol–water partition coefficient (Wildman–Crippen LogP) is 1.30. The Morgan fingerprint density at radius 3 is 2.80 bits per heavy atom. The van der Waals surface area contributed by atoms with Crippen molar-refractivity contribution in [3.05, 3.63) is 24.3 Å². The molecule has 0 spiro atoms. The second kappa shape index (κ2) is 8.01. The molecule has 0 unspecified atom stereocenters. The molecule has 1 aromatic carbocycles. The number of carbonyl (C=O) groups excluding carboxylic acids is 1. The molecule has 0 aliphatic heterocycles. The zero-order valence-corrected chi connectivity index (χ0v) is 12.8. The zero-order valence-electron chi connectivity index (χ0n) is 12.0. The number of hydrogen-bond acceptors (Lipinski definition) is 5. The van der Waals surface area contributed by atoms with E-state index in [0.717, 1.165) is 0 Å². The third-order valence-electron chi connectivity index (χ3n) is 2.53. The topological polar surface area (TPSA) is 67.8 Å². The Morgan fingerprint density at radius 1 is 1.45 bits per heavy atom. The number of aliphatic hydroxyl groups is 1. The van der Waals surface area contributed by atoms with Gasteiger partial charge < -0.3 is 19.9 Å². The van der Waals surface area contributed by atoms with Crippen LogP contribution in [0.25, 0.3) is 0 Å². The van der Waals surface area contributed by atoms with Crippen molar-refractivity contribution in [3.63, 3.8) is 0 Å². The smallest absolute Gasteiger partial charge is 0.258 e. The molecule has 0 heterocycles. The van der Waals surface area contributed by atoms with Crippen molar-refractivity contribution in [1.29, 1.82) is 0 Å². The Balaban J connectivity index is 2.36. The lowest BCUT2D eigenvalue weighted by Gasteiger charge is -2.22. The maximum absolute atomic E-state index is 11.6. The maximum atomic E-state index is 11.6. The second-order valence-electron chi connectivity index (χ2n) is 4.67. The second-order valence-corrected chi connectivity index (χ2v) is 5.54. The molecule has 0 fully saturated rings. The molecule has 1 aromatic rings. The molecule has 0 aliphatic rings. The normalized spacial score (nSPS) is 13.4. The van der Waals surface area contributed by atoms with Crippen molar-refractivity contribution in [2.24, 2.45) is 0 Å². The van der Waals surface area contributed by atoms with E-state index in [2.05, 4.69) is 5.32 Å². The fourth-order valence-corrected chi connectivity index (χ4v) is 2.27. The molecule has 1 rings (SSSR count). The largest absolute Gasteiger partial charge is 0.497 e. The van der Waals surface area contributed by atoms with Gasteiger partial charge in [-0.2, -0.15) is 11.8 Å². The third-order valence-corrected chi connectivity index (χ3v) is 3.44. The lowest BCUT2D eigenvalue weighted by Crippen LogP contribution is -2.43. The van der Waals surface area contributed by atoms with E-state index in [9.17, 15) is 9.90 Å². The molecule has 6 heteroatoms. The van der Waals surface area contributed by atoms with Crippen LogP contribution < -0.4 is 14.8 Å². The van der Waals surface area contributed by atoms with Crippen molar-refractivity contribution in [2.75, 3.05) is 32.3 Å². The highest BCUT2D eigenvalue weighted by Gasteiger charge is 2.20. The van der Waals surface area contributed by atoms with E-state index < -0.39 is 5.60 Å². The summed E-state index contributed by atoms with van der Waals surface area (Å²) in [5.74, 6) is 1.53. The lowest BCUT2D eigenvalue weighted by molar-refractivity contribution is -0.124. The van der Waals surface area contributed by atoms with Gasteiger partial charge in [-0.05, 0) is 25.3 Å². The van der Waals surface area contributed by atoms with E-state index in [1.807, 2.05) is 6.26 Å². The van der Waals surface area contributed by atoms with Crippen LogP contribution >= 0.6 is 11.8 Å². The van der Waals surface area contributed by atoms with Crippen LogP contribution in [0.3, 0.4) is 0 Å². The van der Waals surface area contributed by atoms with Gasteiger partial charge in [-0.25, -0.2) is 0 Å². The number of nitrogens with one attached hydrogen (secondary N) is 1. The summed E-state index contributed by atoms with van der Waals surface area (Å²) in [5.41, 5.74) is -0.912. The first-order chi connectivity index (χ1) is 9.46. The molecule has 2 N–H and O–H groups in total. The molecule has 112 valence electrons. The van der Waals surface area contributed by atoms with Crippen molar-refractivity contribution < 1.29 is 19.4 Å². The van der Waals surface area contributed by atoms with Crippen LogP contribution in [0.15, 0.2) is 24.3 Å². The highest BCUT2D eigenvalue weighted by Crippen LogP contribution is 2.18. The van der Waals surface area contributed by atoms with Crippen LogP contribution in [0.1, 0.15) is 6.92 Å². The number of hydrogen-bond donors (Lipinski definition) is 2. The Hall–Kier alpha value is -1.40. The van der Waals surface area contributed by atoms with Gasteiger partial charge in [-0.15, -0.1) is 0 Å². The van der Waals surface area contributed by atoms with E-state index in [4.69, 9.17) is 9.47 Å². The molecule has 0 bridgehead atoms. The van der Waals surface area contributed by atoms with Crippen molar-refractivity contribution in [3.8, 4) is 11.5 Å². The Morgan fingerprint density at radius 2 is 2.15 bits per heavy atom. The summed E-state index contributed by atoms with van der Waals surface area (Å²) in [7, 11) is 1.57. The number of benzene rings is 1. The molecule has 1 amide bonds. The van der Waals surface area contributed by atoms with Crippen molar-refractivity contribution in [2.45, 2.75) is 12.5 Å². The van der Waals surface area contributed by atoms with Gasteiger partial charge in [0.2, 0.25) is 0 Å². The number of ether oxygens (including phenoxy) is 2. The van der Waals surface area contributed by atoms with Gasteiger partial charge in [-0.3, -0.25) is 4.79 Å². The van der Waals surface area contributed by atoms with Gasteiger partial charge in [0.05, 0.1) is 12.7 Å². The van der Waals surface area contributed by atoms with Crippen molar-refractivity contribution in [1.82, 2.24) is 5.32 Å². The zero-order chi connectivity index (χ0) is 15.0. The van der Waals surface area contributed by atoms with E-state index in [-0.39, 0.29) is 19.1 Å². The summed E-state index contributed by atoms with van der Waals surface area (Å²) in [6.07, 6.45) is 1.90. The van der Waals surface area contributed by atoms with E-state index >= 15 is 0 Å². The first-order valence-electron chi connectivity index (χ1n) is 6.22. The summed E-state index contributed by atoms with van der Waals surface area (Å²) >= 11 is 1.53. The first kappa shape index (κ1) is 16.7. The molecule has 1 atom stereocenters. The highest BCUT2D eigenvalue weighted by molar-refractivity contribution is 7.98. The van der Waals surface area contributed by atoms with Crippen molar-refractivity contribution >= 4 is 17.7 Å². The van der Waals surface area contributed by atoms with Crippen LogP contribution in [0.4, 0.5) is 0 Å². The lowest BCUT2D eigenvalue weighted by atomic mass is 10.1. The summed E-state index contributed by atoms with van der Waals surface area (Å²) in [6, 6.07) is 7.04. The number of amides is 1. The van der Waals surface area contributed by atoms with Crippen LogP contribution in [0.2, 0.25) is 0 Å². The summed E-state index contributed by atoms with van der Waals surface area (Å²) < 4.78 is 10.4. The average molecular weight is 299 g/mol. The van der Waals surface area contributed by atoms with E-state index in [1.54, 1.807) is 38.3 Å². The van der Waals surface area contributed by atoms with E-state index in [0.29, 0.717) is 17.3 Å². The minimum absolute atomic E-state index is 0.0947. The first-order valence-corrected chi connectivity index (χ1v) is 7.61. The minimum atomic E-state index is -0.912. The van der Waals surface area contributed by atoms with Crippen LogP contribution in [-0.4, -0.2) is 48.9 Å². The molecule has 0 radical (unpaired) electrons. The third kappa shape index (κ3) is 6.16. The van der Waals surface area contributed by atoms with Gasteiger partial charge in [0.1, 0.15) is 11.5 Å². The maximum Gasteiger partial charge on any atom is 0.258 e. The van der Waals surface area contributed by atoms with Gasteiger partial charge >= 0.3 is 0 Å². The van der Waals surface area contributed by atoms with Gasteiger partial charge in [0, 0.05) is 18.4 Å². The Labute approximate surface area is 123 Å². The molecular formula is C14H21NO4S. The highest BCUT2D eigenvalue weighted by atomic mass is 32.2. The summed E-state index contributed by atoms with van der Waals surface area (Å²) in [6.45, 7) is 1.79. The molecular weight excluding hydrogens is 278 g/mol. The van der Waals surface area contributed by atoms with Gasteiger partial charge in [0.25, 0.3) is 5.91 Å².